The molecule has 0 spiro atoms. The molecule has 1 unspecified atom stereocenters. The molecule has 0 bridgehead atoms. The van der Waals surface area contributed by atoms with E-state index in [2.05, 4.69) is 4.98 Å². The molecule has 1 fully saturated rings. The molecule has 18 heavy (non-hydrogen) atoms. The van der Waals surface area contributed by atoms with Gasteiger partial charge < -0.3 is 10.6 Å². The van der Waals surface area contributed by atoms with Gasteiger partial charge in [-0.15, -0.1) is 11.3 Å². The monoisotopic (exact) mass is 261 g/mol. The summed E-state index contributed by atoms with van der Waals surface area (Å²) < 4.78 is 1.03. The highest BCUT2D eigenvalue weighted by molar-refractivity contribution is 7.16. The molecule has 1 aliphatic heterocycles. The molecule has 92 valence electrons. The standard InChI is InChI=1S/C12H11N3O2S/c13-12(17)7-3-11(16)15(5-7)8-1-2-9-10(4-8)18-6-14-9/h1-2,4,6-7H,3,5H2,(H2,13,17). The van der Waals surface area contributed by atoms with Crippen LogP contribution in [0.3, 0.4) is 0 Å². The molecular weight excluding hydrogens is 250 g/mol. The third kappa shape index (κ3) is 1.74. The van der Waals surface area contributed by atoms with E-state index in [4.69, 9.17) is 5.73 Å². The summed E-state index contributed by atoms with van der Waals surface area (Å²) >= 11 is 1.53. The van der Waals surface area contributed by atoms with Crippen molar-refractivity contribution in [1.29, 1.82) is 0 Å². The summed E-state index contributed by atoms with van der Waals surface area (Å²) in [6.45, 7) is 0.373. The number of hydrogen-bond donors (Lipinski definition) is 1. The number of anilines is 1. The van der Waals surface area contributed by atoms with Crippen molar-refractivity contribution >= 4 is 39.1 Å². The highest BCUT2D eigenvalue weighted by Crippen LogP contribution is 2.29. The lowest BCUT2D eigenvalue weighted by Gasteiger charge is -2.16. The molecule has 6 heteroatoms. The number of fused-ring (bicyclic) bond motifs is 1. The largest absolute Gasteiger partial charge is 0.369 e. The van der Waals surface area contributed by atoms with Crippen LogP contribution < -0.4 is 10.6 Å². The Morgan fingerprint density at radius 1 is 1.50 bits per heavy atom. The molecule has 1 aromatic carbocycles. The van der Waals surface area contributed by atoms with Crippen molar-refractivity contribution in [2.24, 2.45) is 11.7 Å². The number of hydrogen-bond acceptors (Lipinski definition) is 4. The first-order valence-corrected chi connectivity index (χ1v) is 6.46. The van der Waals surface area contributed by atoms with Crippen LogP contribution in [0.25, 0.3) is 10.2 Å². The number of amides is 2. The highest BCUT2D eigenvalue weighted by Gasteiger charge is 2.33. The number of nitrogens with two attached hydrogens (primary N) is 1. The predicted molar refractivity (Wildman–Crippen MR) is 69.3 cm³/mol. The van der Waals surface area contributed by atoms with Gasteiger partial charge in [0.1, 0.15) is 0 Å². The Labute approximate surface area is 107 Å². The zero-order chi connectivity index (χ0) is 12.7. The topological polar surface area (TPSA) is 76.3 Å². The Morgan fingerprint density at radius 2 is 2.33 bits per heavy atom. The molecule has 5 nitrogen and oxygen atoms in total. The number of carbonyl (C=O) groups is 2. The van der Waals surface area contributed by atoms with Crippen LogP contribution in [-0.4, -0.2) is 23.3 Å². The Hall–Kier alpha value is -1.95. The molecule has 0 saturated carbocycles. The lowest BCUT2D eigenvalue weighted by molar-refractivity contribution is -0.123. The minimum Gasteiger partial charge on any atom is -0.369 e. The fraction of sp³-hybridized carbons (Fsp3) is 0.250. The van der Waals surface area contributed by atoms with Crippen LogP contribution in [0.2, 0.25) is 0 Å². The van der Waals surface area contributed by atoms with Crippen molar-refractivity contribution in [3.63, 3.8) is 0 Å². The van der Waals surface area contributed by atoms with Gasteiger partial charge in [-0.3, -0.25) is 9.59 Å². The molecule has 1 aromatic heterocycles. The fourth-order valence-corrected chi connectivity index (χ4v) is 2.87. The van der Waals surface area contributed by atoms with Gasteiger partial charge in [0.2, 0.25) is 11.8 Å². The number of nitrogens with zero attached hydrogens (tertiary/aromatic N) is 2. The molecule has 0 aliphatic carbocycles. The summed E-state index contributed by atoms with van der Waals surface area (Å²) in [5.41, 5.74) is 8.74. The first-order valence-electron chi connectivity index (χ1n) is 5.58. The highest BCUT2D eigenvalue weighted by atomic mass is 32.1. The van der Waals surface area contributed by atoms with Crippen LogP contribution in [0.1, 0.15) is 6.42 Å². The van der Waals surface area contributed by atoms with E-state index in [1.165, 1.54) is 11.3 Å². The van der Waals surface area contributed by atoms with Gasteiger partial charge >= 0.3 is 0 Å². The number of thiazole rings is 1. The minimum absolute atomic E-state index is 0.0531. The predicted octanol–water partition coefficient (Wildman–Crippen LogP) is 1.13. The third-order valence-corrected chi connectivity index (χ3v) is 3.95. The molecule has 1 aliphatic rings. The normalized spacial score (nSPS) is 19.7. The maximum Gasteiger partial charge on any atom is 0.227 e. The van der Waals surface area contributed by atoms with Crippen molar-refractivity contribution < 1.29 is 9.59 Å². The van der Waals surface area contributed by atoms with Crippen LogP contribution in [0.15, 0.2) is 23.7 Å². The Kier molecular flexibility index (Phi) is 2.52. The van der Waals surface area contributed by atoms with Gasteiger partial charge in [-0.1, -0.05) is 0 Å². The van der Waals surface area contributed by atoms with E-state index in [0.717, 1.165) is 15.9 Å². The summed E-state index contributed by atoms with van der Waals surface area (Å²) in [7, 11) is 0. The molecule has 2 N–H and O–H groups in total. The number of benzene rings is 1. The van der Waals surface area contributed by atoms with Crippen molar-refractivity contribution in [1.82, 2.24) is 4.98 Å². The van der Waals surface area contributed by atoms with E-state index >= 15 is 0 Å². The summed E-state index contributed by atoms with van der Waals surface area (Å²) in [6, 6.07) is 5.66. The summed E-state index contributed by atoms with van der Waals surface area (Å²) in [6.07, 6.45) is 0.204. The number of primary amides is 1. The maximum atomic E-state index is 11.9. The SMILES string of the molecule is NC(=O)C1CC(=O)N(c2ccc3ncsc3c2)C1. The van der Waals surface area contributed by atoms with Gasteiger partial charge in [0, 0.05) is 18.7 Å². The van der Waals surface area contributed by atoms with Crippen molar-refractivity contribution in [3.05, 3.63) is 23.7 Å². The molecule has 2 aromatic rings. The fourth-order valence-electron chi connectivity index (χ4n) is 2.16. The summed E-state index contributed by atoms with van der Waals surface area (Å²) in [5.74, 6) is -0.845. The van der Waals surface area contributed by atoms with Crippen LogP contribution in [0, 0.1) is 5.92 Å². The average Bonchev–Trinajstić information content (AvgIpc) is 2.93. The molecular formula is C12H11N3O2S. The third-order valence-electron chi connectivity index (χ3n) is 3.15. The molecule has 2 heterocycles. The number of rotatable bonds is 2. The summed E-state index contributed by atoms with van der Waals surface area (Å²) in [5, 5.41) is 0. The van der Waals surface area contributed by atoms with Gasteiger partial charge in [0.25, 0.3) is 0 Å². The van der Waals surface area contributed by atoms with Crippen LogP contribution in [0.4, 0.5) is 5.69 Å². The van der Waals surface area contributed by atoms with Gasteiger partial charge in [-0.05, 0) is 18.2 Å². The Balaban J connectivity index is 1.94. The second-order valence-electron chi connectivity index (χ2n) is 4.31. The lowest BCUT2D eigenvalue weighted by Crippen LogP contribution is -2.28. The molecule has 0 radical (unpaired) electrons. The first-order chi connectivity index (χ1) is 8.65. The first kappa shape index (κ1) is 11.2. The van der Waals surface area contributed by atoms with Crippen LogP contribution >= 0.6 is 11.3 Å². The average molecular weight is 261 g/mol. The summed E-state index contributed by atoms with van der Waals surface area (Å²) in [4.78, 5) is 28.8. The molecule has 2 amide bonds. The van der Waals surface area contributed by atoms with Crippen molar-refractivity contribution in [2.75, 3.05) is 11.4 Å². The number of carbonyl (C=O) groups excluding carboxylic acids is 2. The van der Waals surface area contributed by atoms with E-state index in [9.17, 15) is 9.59 Å². The Bertz CT molecular complexity index is 637. The quantitative estimate of drug-likeness (QED) is 0.880. The maximum absolute atomic E-state index is 11.9. The van der Waals surface area contributed by atoms with Crippen LogP contribution in [0.5, 0.6) is 0 Å². The number of aromatic nitrogens is 1. The van der Waals surface area contributed by atoms with E-state index in [1.54, 1.807) is 10.4 Å². The van der Waals surface area contributed by atoms with E-state index in [-0.39, 0.29) is 18.2 Å². The van der Waals surface area contributed by atoms with E-state index in [1.807, 2.05) is 18.2 Å². The van der Waals surface area contributed by atoms with Gasteiger partial charge in [-0.2, -0.15) is 0 Å². The van der Waals surface area contributed by atoms with Crippen molar-refractivity contribution in [2.45, 2.75) is 6.42 Å². The minimum atomic E-state index is -0.412. The van der Waals surface area contributed by atoms with Crippen molar-refractivity contribution in [3.8, 4) is 0 Å². The smallest absolute Gasteiger partial charge is 0.227 e. The molecule has 3 rings (SSSR count). The Morgan fingerprint density at radius 3 is 3.06 bits per heavy atom. The van der Waals surface area contributed by atoms with Gasteiger partial charge in [0.05, 0.1) is 21.6 Å². The molecule has 1 atom stereocenters. The second-order valence-corrected chi connectivity index (χ2v) is 5.20. The zero-order valence-corrected chi connectivity index (χ0v) is 10.3. The zero-order valence-electron chi connectivity index (χ0n) is 9.50. The second kappa shape index (κ2) is 4.06. The van der Waals surface area contributed by atoms with E-state index in [0.29, 0.717) is 6.54 Å². The molecule has 1 saturated heterocycles. The van der Waals surface area contributed by atoms with Gasteiger partial charge in [0.15, 0.2) is 0 Å². The lowest BCUT2D eigenvalue weighted by atomic mass is 10.1. The van der Waals surface area contributed by atoms with Gasteiger partial charge in [-0.25, -0.2) is 4.98 Å². The van der Waals surface area contributed by atoms with E-state index < -0.39 is 5.91 Å². The van der Waals surface area contributed by atoms with Crippen LogP contribution in [-0.2, 0) is 9.59 Å².